The predicted octanol–water partition coefficient (Wildman–Crippen LogP) is 3.93. The Labute approximate surface area is 292 Å². The summed E-state index contributed by atoms with van der Waals surface area (Å²) in [7, 11) is 2.33. The minimum Gasteiger partial charge on any atom is -0.467 e. The molecule has 1 heterocycles. The van der Waals surface area contributed by atoms with Crippen molar-refractivity contribution >= 4 is 53.0 Å². The Kier molecular flexibility index (Phi) is 14.8. The number of benzene rings is 1. The fraction of sp³-hybridized carbons (Fsp3) is 0.543. The Balaban J connectivity index is 2.18. The van der Waals surface area contributed by atoms with Gasteiger partial charge in [-0.25, -0.2) is 24.0 Å². The molecule has 0 radical (unpaired) electrons. The van der Waals surface area contributed by atoms with Crippen molar-refractivity contribution in [2.45, 2.75) is 97.6 Å². The number of esters is 3. The molecule has 50 heavy (non-hydrogen) atoms. The molecule has 0 saturated heterocycles. The topological polar surface area (TPSA) is 200 Å². The lowest BCUT2D eigenvalue weighted by molar-refractivity contribution is -0.150. The molecule has 0 aliphatic rings. The molecule has 276 valence electrons. The number of hydrogen-bond acceptors (Lipinski definition) is 11. The average Bonchev–Trinajstić information content (AvgIpc) is 3.35. The SMILES string of the molecule is COC(=O)[C@H](COC(=O)/C=C/c1[nH]c2ccccc2c1C[C@H](NC(=O)OC(C)(C)C)C(=O)OC)NC(=O)C[C@@H](NC(=O)OC(C)(C)C)C(C)C. The van der Waals surface area contributed by atoms with Crippen LogP contribution in [0.15, 0.2) is 30.3 Å². The van der Waals surface area contributed by atoms with Crippen LogP contribution in [0.2, 0.25) is 0 Å². The van der Waals surface area contributed by atoms with E-state index in [4.69, 9.17) is 23.7 Å². The van der Waals surface area contributed by atoms with Crippen LogP contribution in [0.3, 0.4) is 0 Å². The zero-order valence-electron chi connectivity index (χ0n) is 30.4. The third kappa shape index (κ3) is 13.8. The quantitative estimate of drug-likeness (QED) is 0.126. The molecule has 15 heteroatoms. The number of fused-ring (bicyclic) bond motifs is 1. The summed E-state index contributed by atoms with van der Waals surface area (Å²) in [6, 6.07) is 4.16. The minimum absolute atomic E-state index is 0.0126. The van der Waals surface area contributed by atoms with Crippen LogP contribution in [0.5, 0.6) is 0 Å². The van der Waals surface area contributed by atoms with Crippen LogP contribution in [0, 0.1) is 5.92 Å². The number of hydrogen-bond donors (Lipinski definition) is 4. The van der Waals surface area contributed by atoms with Crippen LogP contribution in [0.4, 0.5) is 9.59 Å². The molecule has 0 aliphatic carbocycles. The number of aromatic amines is 1. The third-order valence-corrected chi connectivity index (χ3v) is 6.94. The highest BCUT2D eigenvalue weighted by Crippen LogP contribution is 2.25. The van der Waals surface area contributed by atoms with Crippen molar-refractivity contribution in [3.63, 3.8) is 0 Å². The average molecular weight is 703 g/mol. The van der Waals surface area contributed by atoms with Gasteiger partial charge in [-0.2, -0.15) is 0 Å². The van der Waals surface area contributed by atoms with E-state index in [9.17, 15) is 28.8 Å². The first-order chi connectivity index (χ1) is 23.2. The third-order valence-electron chi connectivity index (χ3n) is 6.94. The summed E-state index contributed by atoms with van der Waals surface area (Å²) in [4.78, 5) is 78.8. The van der Waals surface area contributed by atoms with Gasteiger partial charge in [0.25, 0.3) is 0 Å². The largest absolute Gasteiger partial charge is 0.467 e. The summed E-state index contributed by atoms with van der Waals surface area (Å²) in [6.45, 7) is 13.3. The van der Waals surface area contributed by atoms with E-state index in [2.05, 4.69) is 20.9 Å². The first-order valence-electron chi connectivity index (χ1n) is 16.1. The predicted molar refractivity (Wildman–Crippen MR) is 184 cm³/mol. The Morgan fingerprint density at radius 2 is 1.36 bits per heavy atom. The molecule has 15 nitrogen and oxygen atoms in total. The molecular formula is C35H50N4O11. The summed E-state index contributed by atoms with van der Waals surface area (Å²) in [5, 5.41) is 8.44. The Hall–Kier alpha value is -5.08. The van der Waals surface area contributed by atoms with Gasteiger partial charge in [-0.1, -0.05) is 32.0 Å². The second-order valence-corrected chi connectivity index (χ2v) is 13.8. The van der Waals surface area contributed by atoms with Crippen LogP contribution in [-0.2, 0) is 49.3 Å². The molecule has 0 saturated carbocycles. The number of methoxy groups -OCH3 is 2. The summed E-state index contributed by atoms with van der Waals surface area (Å²) < 4.78 is 25.6. The first-order valence-corrected chi connectivity index (χ1v) is 16.1. The van der Waals surface area contributed by atoms with Crippen molar-refractivity contribution in [3.8, 4) is 0 Å². The normalized spacial score (nSPS) is 13.6. The molecule has 0 unspecified atom stereocenters. The molecule has 0 fully saturated rings. The van der Waals surface area contributed by atoms with Gasteiger partial charge in [-0.05, 0) is 65.2 Å². The van der Waals surface area contributed by atoms with Gasteiger partial charge in [-0.15, -0.1) is 0 Å². The van der Waals surface area contributed by atoms with Crippen molar-refractivity contribution in [2.75, 3.05) is 20.8 Å². The maximum atomic E-state index is 12.9. The maximum Gasteiger partial charge on any atom is 0.408 e. The molecule has 3 atom stereocenters. The number of ether oxygens (including phenoxy) is 5. The molecule has 2 aromatic rings. The van der Waals surface area contributed by atoms with E-state index in [1.165, 1.54) is 13.2 Å². The molecule has 0 bridgehead atoms. The molecule has 1 aromatic carbocycles. The molecule has 2 rings (SSSR count). The zero-order chi connectivity index (χ0) is 37.8. The lowest BCUT2D eigenvalue weighted by Gasteiger charge is -2.26. The Morgan fingerprint density at radius 1 is 0.800 bits per heavy atom. The van der Waals surface area contributed by atoms with Gasteiger partial charge in [0, 0.05) is 41.6 Å². The number of rotatable bonds is 14. The summed E-state index contributed by atoms with van der Waals surface area (Å²) >= 11 is 0. The van der Waals surface area contributed by atoms with E-state index in [1.807, 2.05) is 19.9 Å². The van der Waals surface area contributed by atoms with Gasteiger partial charge < -0.3 is 44.6 Å². The highest BCUT2D eigenvalue weighted by molar-refractivity contribution is 5.93. The fourth-order valence-corrected chi connectivity index (χ4v) is 4.61. The van der Waals surface area contributed by atoms with Crippen molar-refractivity contribution in [1.82, 2.24) is 20.9 Å². The highest BCUT2D eigenvalue weighted by atomic mass is 16.6. The van der Waals surface area contributed by atoms with E-state index in [0.717, 1.165) is 18.6 Å². The number of nitrogens with one attached hydrogen (secondary N) is 4. The van der Waals surface area contributed by atoms with Crippen LogP contribution in [0.25, 0.3) is 17.0 Å². The highest BCUT2D eigenvalue weighted by Gasteiger charge is 2.29. The van der Waals surface area contributed by atoms with Crippen molar-refractivity contribution in [1.29, 1.82) is 0 Å². The summed E-state index contributed by atoms with van der Waals surface area (Å²) in [6.07, 6.45) is 0.851. The van der Waals surface area contributed by atoms with Crippen LogP contribution < -0.4 is 16.0 Å². The second-order valence-electron chi connectivity index (χ2n) is 13.8. The van der Waals surface area contributed by atoms with Crippen LogP contribution >= 0.6 is 0 Å². The van der Waals surface area contributed by atoms with Crippen LogP contribution in [-0.4, -0.2) is 91.1 Å². The molecule has 3 amide bonds. The Morgan fingerprint density at radius 3 is 1.92 bits per heavy atom. The van der Waals surface area contributed by atoms with Gasteiger partial charge >= 0.3 is 30.1 Å². The van der Waals surface area contributed by atoms with Gasteiger partial charge in [0.1, 0.15) is 23.9 Å². The number of carbonyl (C=O) groups excluding carboxylic acids is 6. The summed E-state index contributed by atoms with van der Waals surface area (Å²) in [5.41, 5.74) is 0.201. The van der Waals surface area contributed by atoms with Crippen molar-refractivity contribution in [2.24, 2.45) is 5.92 Å². The molecule has 0 aliphatic heterocycles. The van der Waals surface area contributed by atoms with Gasteiger partial charge in [0.15, 0.2) is 6.04 Å². The lowest BCUT2D eigenvalue weighted by Crippen LogP contribution is -2.49. The van der Waals surface area contributed by atoms with E-state index in [-0.39, 0.29) is 18.8 Å². The van der Waals surface area contributed by atoms with Crippen molar-refractivity contribution < 1.29 is 52.5 Å². The van der Waals surface area contributed by atoms with E-state index in [0.29, 0.717) is 16.8 Å². The van der Waals surface area contributed by atoms with Gasteiger partial charge in [0.05, 0.1) is 14.2 Å². The molecule has 0 spiro atoms. The van der Waals surface area contributed by atoms with E-state index >= 15 is 0 Å². The van der Waals surface area contributed by atoms with Crippen molar-refractivity contribution in [3.05, 3.63) is 41.6 Å². The molecular weight excluding hydrogens is 652 g/mol. The minimum atomic E-state index is -1.33. The fourth-order valence-electron chi connectivity index (χ4n) is 4.61. The molecule has 1 aromatic heterocycles. The number of H-pyrrole nitrogens is 1. The number of para-hydroxylation sites is 1. The van der Waals surface area contributed by atoms with Gasteiger partial charge in [-0.3, -0.25) is 4.79 Å². The lowest BCUT2D eigenvalue weighted by atomic mass is 10.0. The number of aromatic nitrogens is 1. The van der Waals surface area contributed by atoms with Crippen LogP contribution in [0.1, 0.15) is 73.1 Å². The number of carbonyl (C=O) groups is 6. The monoisotopic (exact) mass is 702 g/mol. The van der Waals surface area contributed by atoms with E-state index in [1.54, 1.807) is 59.7 Å². The zero-order valence-corrected chi connectivity index (χ0v) is 30.4. The summed E-state index contributed by atoms with van der Waals surface area (Å²) in [5.74, 6) is -3.14. The Bertz CT molecular complexity index is 1550. The number of amides is 3. The first kappa shape index (κ1) is 41.1. The smallest absolute Gasteiger partial charge is 0.408 e. The van der Waals surface area contributed by atoms with Gasteiger partial charge in [0.2, 0.25) is 5.91 Å². The maximum absolute atomic E-state index is 12.9. The standard InChI is InChI=1S/C35H50N4O11/c1-20(2)25(38-32(44)49-34(3,4)5)18-28(40)37-27(31(43)47-10)19-48-29(41)16-15-24-22(21-13-11-12-14-23(21)36-24)17-26(30(42)46-9)39-33(45)50-35(6,7)8/h11-16,20,25-27,36H,17-19H2,1-10H3,(H,37,40)(H,38,44)(H,39,45)/b16-15+/t25-,26+,27+/m1/s1. The molecule has 4 N–H and O–H groups in total. The number of alkyl carbamates (subject to hydrolysis) is 2. The second kappa shape index (κ2) is 18.1. The van der Waals surface area contributed by atoms with E-state index < -0.39 is 71.9 Å².